The molecule has 0 radical (unpaired) electrons. The highest BCUT2D eigenvalue weighted by Crippen LogP contribution is 2.14. The summed E-state index contributed by atoms with van der Waals surface area (Å²) in [6.45, 7) is 4.58. The van der Waals surface area contributed by atoms with E-state index in [0.29, 0.717) is 12.5 Å². The molecule has 5 heteroatoms. The van der Waals surface area contributed by atoms with Crippen molar-refractivity contribution in [3.05, 3.63) is 29.8 Å². The van der Waals surface area contributed by atoms with Gasteiger partial charge in [-0.2, -0.15) is 0 Å². The molecular weight excluding hydrogens is 264 g/mol. The Labute approximate surface area is 120 Å². The number of methoxy groups -OCH3 is 1. The summed E-state index contributed by atoms with van der Waals surface area (Å²) in [6, 6.07) is 8.08. The van der Waals surface area contributed by atoms with Crippen LogP contribution >= 0.6 is 12.4 Å². The van der Waals surface area contributed by atoms with Gasteiger partial charge in [0.25, 0.3) is 0 Å². The molecule has 1 aliphatic rings. The normalized spacial score (nSPS) is 18.6. The quantitative estimate of drug-likeness (QED) is 0.914. The molecule has 0 aliphatic carbocycles. The van der Waals surface area contributed by atoms with E-state index in [-0.39, 0.29) is 18.3 Å². The molecule has 19 heavy (non-hydrogen) atoms. The number of hydrogen-bond donors (Lipinski definition) is 1. The van der Waals surface area contributed by atoms with Crippen molar-refractivity contribution in [2.45, 2.75) is 19.4 Å². The van der Waals surface area contributed by atoms with Crippen molar-refractivity contribution in [2.24, 2.45) is 0 Å². The molecule has 0 saturated carbocycles. The SMILES string of the molecule is COc1cccc(CC(=O)N2CCN[C@H](C)C2)c1.Cl. The Hall–Kier alpha value is -1.26. The fraction of sp³-hybridized carbons (Fsp3) is 0.500. The third-order valence-corrected chi connectivity index (χ3v) is 3.21. The first-order valence-corrected chi connectivity index (χ1v) is 6.33. The zero-order valence-corrected chi connectivity index (χ0v) is 12.2. The second-order valence-corrected chi connectivity index (χ2v) is 4.72. The maximum Gasteiger partial charge on any atom is 0.227 e. The summed E-state index contributed by atoms with van der Waals surface area (Å²) in [4.78, 5) is 14.1. The molecule has 0 unspecified atom stereocenters. The molecule has 1 aromatic rings. The van der Waals surface area contributed by atoms with Crippen LogP contribution in [0.5, 0.6) is 5.75 Å². The maximum absolute atomic E-state index is 12.2. The highest BCUT2D eigenvalue weighted by molar-refractivity contribution is 5.85. The number of hydrogen-bond acceptors (Lipinski definition) is 3. The van der Waals surface area contributed by atoms with Crippen LogP contribution in [0, 0.1) is 0 Å². The molecule has 0 spiro atoms. The molecule has 0 bridgehead atoms. The third kappa shape index (κ3) is 4.40. The van der Waals surface area contributed by atoms with Gasteiger partial charge in [-0.15, -0.1) is 12.4 Å². The Morgan fingerprint density at radius 1 is 1.53 bits per heavy atom. The number of benzene rings is 1. The average molecular weight is 285 g/mol. The molecule has 1 heterocycles. The minimum atomic E-state index is 0. The lowest BCUT2D eigenvalue weighted by molar-refractivity contribution is -0.131. The maximum atomic E-state index is 12.2. The highest BCUT2D eigenvalue weighted by atomic mass is 35.5. The van der Waals surface area contributed by atoms with Crippen molar-refractivity contribution in [1.82, 2.24) is 10.2 Å². The first-order valence-electron chi connectivity index (χ1n) is 6.33. The van der Waals surface area contributed by atoms with Crippen LogP contribution in [-0.2, 0) is 11.2 Å². The molecule has 1 N–H and O–H groups in total. The fourth-order valence-electron chi connectivity index (χ4n) is 2.23. The predicted molar refractivity (Wildman–Crippen MR) is 78.0 cm³/mol. The Morgan fingerprint density at radius 2 is 2.32 bits per heavy atom. The van der Waals surface area contributed by atoms with Crippen LogP contribution in [0.3, 0.4) is 0 Å². The van der Waals surface area contributed by atoms with Crippen molar-refractivity contribution in [3.8, 4) is 5.75 Å². The number of nitrogens with one attached hydrogen (secondary N) is 1. The Bertz CT molecular complexity index is 426. The first kappa shape index (κ1) is 15.8. The number of amides is 1. The molecule has 1 atom stereocenters. The number of piperazine rings is 1. The number of rotatable bonds is 3. The van der Waals surface area contributed by atoms with Crippen LogP contribution in [-0.4, -0.2) is 43.6 Å². The standard InChI is InChI=1S/C14H20N2O2.ClH/c1-11-10-16(7-6-15-11)14(17)9-12-4-3-5-13(8-12)18-2;/h3-5,8,11,15H,6-7,9-10H2,1-2H3;1H/t11-;/m1./s1. The topological polar surface area (TPSA) is 41.6 Å². The van der Waals surface area contributed by atoms with Crippen LogP contribution in [0.25, 0.3) is 0 Å². The van der Waals surface area contributed by atoms with Gasteiger partial charge in [0.15, 0.2) is 0 Å². The summed E-state index contributed by atoms with van der Waals surface area (Å²) in [6.07, 6.45) is 0.448. The largest absolute Gasteiger partial charge is 0.497 e. The van der Waals surface area contributed by atoms with Crippen molar-refractivity contribution in [2.75, 3.05) is 26.7 Å². The second-order valence-electron chi connectivity index (χ2n) is 4.72. The van der Waals surface area contributed by atoms with E-state index in [1.807, 2.05) is 29.2 Å². The van der Waals surface area contributed by atoms with E-state index in [9.17, 15) is 4.79 Å². The molecular formula is C14H21ClN2O2. The lowest BCUT2D eigenvalue weighted by atomic mass is 10.1. The zero-order valence-electron chi connectivity index (χ0n) is 11.4. The van der Waals surface area contributed by atoms with E-state index < -0.39 is 0 Å². The van der Waals surface area contributed by atoms with Gasteiger partial charge >= 0.3 is 0 Å². The molecule has 1 fully saturated rings. The van der Waals surface area contributed by atoms with Gasteiger partial charge in [-0.3, -0.25) is 4.79 Å². The number of carbonyl (C=O) groups is 1. The van der Waals surface area contributed by atoms with Crippen molar-refractivity contribution in [3.63, 3.8) is 0 Å². The van der Waals surface area contributed by atoms with E-state index >= 15 is 0 Å². The van der Waals surface area contributed by atoms with E-state index in [1.165, 1.54) is 0 Å². The molecule has 2 rings (SSSR count). The van der Waals surface area contributed by atoms with Gasteiger partial charge in [-0.1, -0.05) is 12.1 Å². The summed E-state index contributed by atoms with van der Waals surface area (Å²) in [5, 5.41) is 3.34. The lowest BCUT2D eigenvalue weighted by Crippen LogP contribution is -2.51. The zero-order chi connectivity index (χ0) is 13.0. The van der Waals surface area contributed by atoms with Crippen LogP contribution in [0.1, 0.15) is 12.5 Å². The van der Waals surface area contributed by atoms with Crippen LogP contribution in [0.15, 0.2) is 24.3 Å². The summed E-state index contributed by atoms with van der Waals surface area (Å²) in [5.74, 6) is 0.991. The second kappa shape index (κ2) is 7.36. The number of carbonyl (C=O) groups excluding carboxylic acids is 1. The van der Waals surface area contributed by atoms with Crippen molar-refractivity contribution >= 4 is 18.3 Å². The van der Waals surface area contributed by atoms with E-state index in [1.54, 1.807) is 7.11 Å². The van der Waals surface area contributed by atoms with Crippen LogP contribution in [0.4, 0.5) is 0 Å². The van der Waals surface area contributed by atoms with Gasteiger partial charge in [-0.25, -0.2) is 0 Å². The van der Waals surface area contributed by atoms with Gasteiger partial charge in [0.2, 0.25) is 5.91 Å². The molecule has 1 amide bonds. The van der Waals surface area contributed by atoms with Crippen molar-refractivity contribution < 1.29 is 9.53 Å². The van der Waals surface area contributed by atoms with E-state index in [4.69, 9.17) is 4.74 Å². The van der Waals surface area contributed by atoms with Gasteiger partial charge < -0.3 is 15.0 Å². The lowest BCUT2D eigenvalue weighted by Gasteiger charge is -2.32. The molecule has 4 nitrogen and oxygen atoms in total. The predicted octanol–water partition coefficient (Wildman–Crippen LogP) is 1.48. The molecule has 0 aromatic heterocycles. The number of nitrogens with zero attached hydrogens (tertiary/aromatic N) is 1. The van der Waals surface area contributed by atoms with Gasteiger partial charge in [-0.05, 0) is 24.6 Å². The third-order valence-electron chi connectivity index (χ3n) is 3.21. The smallest absolute Gasteiger partial charge is 0.227 e. The van der Waals surface area contributed by atoms with E-state index in [2.05, 4.69) is 12.2 Å². The van der Waals surface area contributed by atoms with E-state index in [0.717, 1.165) is 30.9 Å². The van der Waals surface area contributed by atoms with Gasteiger partial charge in [0, 0.05) is 25.7 Å². The molecule has 1 aromatic carbocycles. The minimum absolute atomic E-state index is 0. The fourth-order valence-corrected chi connectivity index (χ4v) is 2.23. The first-order chi connectivity index (χ1) is 8.69. The summed E-state index contributed by atoms with van der Waals surface area (Å²) >= 11 is 0. The molecule has 106 valence electrons. The summed E-state index contributed by atoms with van der Waals surface area (Å²) in [5.41, 5.74) is 1.01. The molecule has 1 saturated heterocycles. The van der Waals surface area contributed by atoms with Gasteiger partial charge in [0.1, 0.15) is 5.75 Å². The van der Waals surface area contributed by atoms with Gasteiger partial charge in [0.05, 0.1) is 13.5 Å². The molecule has 1 aliphatic heterocycles. The number of ether oxygens (including phenoxy) is 1. The monoisotopic (exact) mass is 284 g/mol. The summed E-state index contributed by atoms with van der Waals surface area (Å²) in [7, 11) is 1.64. The number of halogens is 1. The van der Waals surface area contributed by atoms with Crippen molar-refractivity contribution in [1.29, 1.82) is 0 Å². The Morgan fingerprint density at radius 3 is 3.00 bits per heavy atom. The average Bonchev–Trinajstić information content (AvgIpc) is 2.39. The highest BCUT2D eigenvalue weighted by Gasteiger charge is 2.20. The summed E-state index contributed by atoms with van der Waals surface area (Å²) < 4.78 is 5.16. The Balaban J connectivity index is 0.00000180. The van der Waals surface area contributed by atoms with Crippen LogP contribution in [0.2, 0.25) is 0 Å². The Kier molecular flexibility index (Phi) is 6.12. The van der Waals surface area contributed by atoms with Crippen LogP contribution < -0.4 is 10.1 Å². The minimum Gasteiger partial charge on any atom is -0.497 e.